The number of aromatic nitrogens is 1. The van der Waals surface area contributed by atoms with Crippen LogP contribution < -0.4 is 4.90 Å². The molecular formula is C23H26ClFN2. The SMILES string of the molecule is Cc1cnc(CCc2ccc(F)c3ccccc23)cc1N1CCCCC1.Cl. The van der Waals surface area contributed by atoms with E-state index < -0.39 is 0 Å². The number of anilines is 1. The fourth-order valence-electron chi connectivity index (χ4n) is 3.97. The van der Waals surface area contributed by atoms with E-state index in [-0.39, 0.29) is 18.2 Å². The third-order valence-corrected chi connectivity index (χ3v) is 5.44. The van der Waals surface area contributed by atoms with Crippen molar-refractivity contribution in [3.63, 3.8) is 0 Å². The molecule has 2 heterocycles. The molecule has 0 spiro atoms. The number of hydrogen-bond acceptors (Lipinski definition) is 2. The van der Waals surface area contributed by atoms with Gasteiger partial charge in [-0.15, -0.1) is 12.4 Å². The van der Waals surface area contributed by atoms with E-state index in [4.69, 9.17) is 0 Å². The number of nitrogens with zero attached hydrogens (tertiary/aromatic N) is 2. The zero-order chi connectivity index (χ0) is 17.9. The molecule has 2 nitrogen and oxygen atoms in total. The fraction of sp³-hybridized carbons (Fsp3) is 0.348. The van der Waals surface area contributed by atoms with Gasteiger partial charge in [-0.2, -0.15) is 0 Å². The van der Waals surface area contributed by atoms with Gasteiger partial charge >= 0.3 is 0 Å². The Balaban J connectivity index is 0.00000210. The van der Waals surface area contributed by atoms with Crippen molar-refractivity contribution in [3.8, 4) is 0 Å². The number of halogens is 2. The van der Waals surface area contributed by atoms with E-state index in [2.05, 4.69) is 22.9 Å². The molecule has 0 atom stereocenters. The van der Waals surface area contributed by atoms with Crippen molar-refractivity contribution in [2.24, 2.45) is 0 Å². The number of rotatable bonds is 4. The highest BCUT2D eigenvalue weighted by Crippen LogP contribution is 2.26. The van der Waals surface area contributed by atoms with Crippen LogP contribution in [0.15, 0.2) is 48.7 Å². The molecule has 0 aliphatic carbocycles. The second-order valence-electron chi connectivity index (χ2n) is 7.26. The Morgan fingerprint density at radius 3 is 2.48 bits per heavy atom. The van der Waals surface area contributed by atoms with Gasteiger partial charge in [-0.25, -0.2) is 4.39 Å². The summed E-state index contributed by atoms with van der Waals surface area (Å²) >= 11 is 0. The van der Waals surface area contributed by atoms with Crippen LogP contribution in [0.1, 0.15) is 36.1 Å². The highest BCUT2D eigenvalue weighted by atomic mass is 35.5. The van der Waals surface area contributed by atoms with E-state index in [9.17, 15) is 4.39 Å². The number of piperidine rings is 1. The first-order valence-corrected chi connectivity index (χ1v) is 9.59. The Bertz CT molecular complexity index is 919. The first-order chi connectivity index (χ1) is 12.7. The zero-order valence-corrected chi connectivity index (χ0v) is 16.6. The molecule has 142 valence electrons. The zero-order valence-electron chi connectivity index (χ0n) is 15.7. The molecule has 1 aliphatic rings. The molecule has 4 rings (SSSR count). The largest absolute Gasteiger partial charge is 0.371 e. The van der Waals surface area contributed by atoms with Gasteiger partial charge in [0.15, 0.2) is 0 Å². The van der Waals surface area contributed by atoms with Crippen molar-refractivity contribution >= 4 is 28.9 Å². The summed E-state index contributed by atoms with van der Waals surface area (Å²) in [4.78, 5) is 7.14. The molecule has 2 aromatic carbocycles. The van der Waals surface area contributed by atoms with Crippen molar-refractivity contribution < 1.29 is 4.39 Å². The summed E-state index contributed by atoms with van der Waals surface area (Å²) in [7, 11) is 0. The van der Waals surface area contributed by atoms with Gasteiger partial charge in [0.1, 0.15) is 5.82 Å². The molecule has 1 saturated heterocycles. The summed E-state index contributed by atoms with van der Waals surface area (Å²) in [6.45, 7) is 4.44. The van der Waals surface area contributed by atoms with E-state index in [1.54, 1.807) is 6.07 Å². The highest BCUT2D eigenvalue weighted by molar-refractivity contribution is 5.86. The Morgan fingerprint density at radius 2 is 1.70 bits per heavy atom. The summed E-state index contributed by atoms with van der Waals surface area (Å²) in [5, 5.41) is 1.71. The van der Waals surface area contributed by atoms with Crippen LogP contribution in [0.25, 0.3) is 10.8 Å². The van der Waals surface area contributed by atoms with Gasteiger partial charge in [0.25, 0.3) is 0 Å². The molecule has 1 aromatic heterocycles. The number of fused-ring (bicyclic) bond motifs is 1. The third kappa shape index (κ3) is 4.24. The molecule has 4 heteroatoms. The topological polar surface area (TPSA) is 16.1 Å². The Labute approximate surface area is 166 Å². The minimum absolute atomic E-state index is 0. The summed E-state index contributed by atoms with van der Waals surface area (Å²) in [5.41, 5.74) is 4.88. The van der Waals surface area contributed by atoms with E-state index in [0.717, 1.165) is 37.0 Å². The lowest BCUT2D eigenvalue weighted by atomic mass is 9.99. The van der Waals surface area contributed by atoms with Gasteiger partial charge in [-0.1, -0.05) is 30.3 Å². The Morgan fingerprint density at radius 1 is 0.963 bits per heavy atom. The first-order valence-electron chi connectivity index (χ1n) is 9.59. The molecule has 0 bridgehead atoms. The molecule has 0 saturated carbocycles. The molecule has 27 heavy (non-hydrogen) atoms. The third-order valence-electron chi connectivity index (χ3n) is 5.44. The number of pyridine rings is 1. The lowest BCUT2D eigenvalue weighted by molar-refractivity contribution is 0.576. The van der Waals surface area contributed by atoms with Crippen LogP contribution in [0.5, 0.6) is 0 Å². The molecule has 1 aliphatic heterocycles. The van der Waals surface area contributed by atoms with E-state index >= 15 is 0 Å². The van der Waals surface area contributed by atoms with Crippen LogP contribution in [-0.2, 0) is 12.8 Å². The maximum Gasteiger partial charge on any atom is 0.131 e. The molecule has 3 aromatic rings. The van der Waals surface area contributed by atoms with Crippen molar-refractivity contribution in [2.75, 3.05) is 18.0 Å². The van der Waals surface area contributed by atoms with Gasteiger partial charge in [-0.3, -0.25) is 4.98 Å². The molecule has 0 radical (unpaired) electrons. The lowest BCUT2D eigenvalue weighted by Gasteiger charge is -2.30. The minimum Gasteiger partial charge on any atom is -0.371 e. The molecule has 0 unspecified atom stereocenters. The predicted octanol–water partition coefficient (Wildman–Crippen LogP) is 5.88. The van der Waals surface area contributed by atoms with Crippen molar-refractivity contribution in [2.45, 2.75) is 39.0 Å². The monoisotopic (exact) mass is 384 g/mol. The van der Waals surface area contributed by atoms with Crippen LogP contribution in [0.2, 0.25) is 0 Å². The predicted molar refractivity (Wildman–Crippen MR) is 114 cm³/mol. The molecular weight excluding hydrogens is 359 g/mol. The lowest BCUT2D eigenvalue weighted by Crippen LogP contribution is -2.30. The smallest absolute Gasteiger partial charge is 0.131 e. The van der Waals surface area contributed by atoms with Gasteiger partial charge in [-0.05, 0) is 67.7 Å². The number of benzene rings is 2. The standard InChI is InChI=1S/C23H25FN2.ClH/c1-17-16-25-19(15-23(17)26-13-5-2-6-14-26)11-9-18-10-12-22(24)21-8-4-3-7-20(18)21;/h3-4,7-8,10,12,15-16H,2,5-6,9,11,13-14H2,1H3;1H. The van der Waals surface area contributed by atoms with E-state index in [1.807, 2.05) is 36.5 Å². The number of hydrogen-bond donors (Lipinski definition) is 0. The minimum atomic E-state index is -0.148. The molecule has 1 fully saturated rings. The maximum atomic E-state index is 14.0. The average molecular weight is 385 g/mol. The second kappa shape index (κ2) is 8.71. The first kappa shape index (κ1) is 19.6. The van der Waals surface area contributed by atoms with E-state index in [0.29, 0.717) is 5.39 Å². The van der Waals surface area contributed by atoms with Crippen LogP contribution in [0, 0.1) is 12.7 Å². The fourth-order valence-corrected chi connectivity index (χ4v) is 3.97. The van der Waals surface area contributed by atoms with Gasteiger partial charge in [0.05, 0.1) is 0 Å². The quantitative estimate of drug-likeness (QED) is 0.558. The average Bonchev–Trinajstić information content (AvgIpc) is 2.69. The summed E-state index contributed by atoms with van der Waals surface area (Å²) in [6.07, 6.45) is 7.64. The van der Waals surface area contributed by atoms with Crippen molar-refractivity contribution in [1.82, 2.24) is 4.98 Å². The highest BCUT2D eigenvalue weighted by Gasteiger charge is 2.14. The van der Waals surface area contributed by atoms with Crippen LogP contribution in [0.3, 0.4) is 0 Å². The van der Waals surface area contributed by atoms with Crippen LogP contribution in [0.4, 0.5) is 10.1 Å². The normalized spacial score (nSPS) is 14.2. The summed E-state index contributed by atoms with van der Waals surface area (Å²) < 4.78 is 14.0. The van der Waals surface area contributed by atoms with Crippen LogP contribution in [-0.4, -0.2) is 18.1 Å². The van der Waals surface area contributed by atoms with Gasteiger partial charge in [0.2, 0.25) is 0 Å². The molecule has 0 N–H and O–H groups in total. The Hall–Kier alpha value is -2.13. The number of aryl methyl sites for hydroxylation is 3. The second-order valence-corrected chi connectivity index (χ2v) is 7.26. The maximum absolute atomic E-state index is 14.0. The van der Waals surface area contributed by atoms with Gasteiger partial charge < -0.3 is 4.90 Å². The summed E-state index contributed by atoms with van der Waals surface area (Å²) in [5.74, 6) is -0.148. The summed E-state index contributed by atoms with van der Waals surface area (Å²) in [6, 6.07) is 13.5. The van der Waals surface area contributed by atoms with Gasteiger partial charge in [0, 0.05) is 36.1 Å². The molecule has 0 amide bonds. The van der Waals surface area contributed by atoms with E-state index in [1.165, 1.54) is 36.1 Å². The van der Waals surface area contributed by atoms with Crippen molar-refractivity contribution in [1.29, 1.82) is 0 Å². The van der Waals surface area contributed by atoms with Crippen molar-refractivity contribution in [3.05, 3.63) is 71.3 Å². The van der Waals surface area contributed by atoms with Crippen LogP contribution >= 0.6 is 12.4 Å². The Kier molecular flexibility index (Phi) is 6.33.